The molecule has 6 heteroatoms. The van der Waals surface area contributed by atoms with Crippen molar-refractivity contribution in [3.05, 3.63) is 23.8 Å². The van der Waals surface area contributed by atoms with Crippen LogP contribution in [0.2, 0.25) is 0 Å². The molecule has 1 heterocycles. The fraction of sp³-hybridized carbons (Fsp3) is 0.385. The van der Waals surface area contributed by atoms with E-state index in [9.17, 15) is 13.6 Å². The van der Waals surface area contributed by atoms with Gasteiger partial charge in [-0.15, -0.1) is 0 Å². The first-order valence-corrected chi connectivity index (χ1v) is 5.81. The molecule has 1 aromatic carbocycles. The van der Waals surface area contributed by atoms with Gasteiger partial charge in [-0.2, -0.15) is 5.26 Å². The Morgan fingerprint density at radius 2 is 2.26 bits per heavy atom. The van der Waals surface area contributed by atoms with Crippen LogP contribution >= 0.6 is 0 Å². The fourth-order valence-electron chi connectivity index (χ4n) is 1.79. The van der Waals surface area contributed by atoms with Crippen LogP contribution in [-0.4, -0.2) is 12.0 Å². The van der Waals surface area contributed by atoms with Crippen molar-refractivity contribution in [2.75, 3.05) is 5.32 Å². The molecule has 19 heavy (non-hydrogen) atoms. The second kappa shape index (κ2) is 4.84. The standard InChI is InChI=1S/C13H12F2N2O2/c1-8-12(18)17-10-7-9(3-4-11(10)19-8)13(14,15)5-2-6-16/h3-4,7-8H,2,5H2,1H3,(H,17,18). The van der Waals surface area contributed by atoms with Crippen LogP contribution in [0.4, 0.5) is 14.5 Å². The van der Waals surface area contributed by atoms with Gasteiger partial charge in [-0.1, -0.05) is 0 Å². The Balaban J connectivity index is 2.29. The predicted octanol–water partition coefficient (Wildman–Crippen LogP) is 2.80. The van der Waals surface area contributed by atoms with E-state index < -0.39 is 18.4 Å². The Morgan fingerprint density at radius 3 is 2.95 bits per heavy atom. The third kappa shape index (κ3) is 2.65. The first-order valence-electron chi connectivity index (χ1n) is 5.81. The molecule has 1 atom stereocenters. The zero-order valence-corrected chi connectivity index (χ0v) is 10.2. The van der Waals surface area contributed by atoms with E-state index in [1.165, 1.54) is 18.2 Å². The van der Waals surface area contributed by atoms with Crippen molar-refractivity contribution in [3.8, 4) is 11.8 Å². The van der Waals surface area contributed by atoms with Crippen molar-refractivity contribution in [2.24, 2.45) is 0 Å². The van der Waals surface area contributed by atoms with Gasteiger partial charge in [-0.3, -0.25) is 4.79 Å². The van der Waals surface area contributed by atoms with Crippen molar-refractivity contribution in [2.45, 2.75) is 31.8 Å². The Bertz CT molecular complexity index is 552. The first kappa shape index (κ1) is 13.3. The zero-order valence-electron chi connectivity index (χ0n) is 10.2. The molecule has 1 aliphatic heterocycles. The predicted molar refractivity (Wildman–Crippen MR) is 63.9 cm³/mol. The van der Waals surface area contributed by atoms with Gasteiger partial charge in [0.05, 0.1) is 11.8 Å². The van der Waals surface area contributed by atoms with E-state index in [2.05, 4.69) is 5.32 Å². The highest BCUT2D eigenvalue weighted by Gasteiger charge is 2.33. The maximum Gasteiger partial charge on any atom is 0.274 e. The van der Waals surface area contributed by atoms with Crippen LogP contribution in [0.3, 0.4) is 0 Å². The minimum Gasteiger partial charge on any atom is -0.479 e. The number of rotatable bonds is 3. The minimum atomic E-state index is -3.10. The average Bonchev–Trinajstić information content (AvgIpc) is 2.37. The van der Waals surface area contributed by atoms with Gasteiger partial charge in [-0.05, 0) is 25.1 Å². The smallest absolute Gasteiger partial charge is 0.274 e. The maximum atomic E-state index is 13.8. The summed E-state index contributed by atoms with van der Waals surface area (Å²) in [4.78, 5) is 11.4. The van der Waals surface area contributed by atoms with Crippen LogP contribution < -0.4 is 10.1 Å². The molecule has 0 bridgehead atoms. The van der Waals surface area contributed by atoms with Gasteiger partial charge in [0.2, 0.25) is 0 Å². The molecule has 0 spiro atoms. The minimum absolute atomic E-state index is 0.232. The van der Waals surface area contributed by atoms with Crippen molar-refractivity contribution in [1.29, 1.82) is 5.26 Å². The molecule has 1 aliphatic rings. The SMILES string of the molecule is CC1Oc2ccc(C(F)(F)CCC#N)cc2NC1=O. The van der Waals surface area contributed by atoms with Crippen LogP contribution in [0.1, 0.15) is 25.3 Å². The molecule has 100 valence electrons. The molecule has 0 radical (unpaired) electrons. The van der Waals surface area contributed by atoms with Crippen molar-refractivity contribution >= 4 is 11.6 Å². The number of amides is 1. The molecule has 1 aromatic rings. The molecule has 0 saturated heterocycles. The summed E-state index contributed by atoms with van der Waals surface area (Å²) in [6.07, 6.45) is -1.42. The molecule has 1 unspecified atom stereocenters. The molecule has 0 fully saturated rings. The maximum absolute atomic E-state index is 13.8. The van der Waals surface area contributed by atoms with E-state index in [4.69, 9.17) is 10.00 Å². The van der Waals surface area contributed by atoms with E-state index in [0.29, 0.717) is 5.75 Å². The summed E-state index contributed by atoms with van der Waals surface area (Å²) < 4.78 is 32.8. The van der Waals surface area contributed by atoms with E-state index in [0.717, 1.165) is 0 Å². The number of carbonyl (C=O) groups is 1. The molecular formula is C13H12F2N2O2. The van der Waals surface area contributed by atoms with Crippen molar-refractivity contribution < 1.29 is 18.3 Å². The van der Waals surface area contributed by atoms with Gasteiger partial charge in [-0.25, -0.2) is 8.78 Å². The average molecular weight is 266 g/mol. The summed E-state index contributed by atoms with van der Waals surface area (Å²) in [5.74, 6) is -3.10. The molecular weight excluding hydrogens is 254 g/mol. The lowest BCUT2D eigenvalue weighted by Crippen LogP contribution is -2.34. The van der Waals surface area contributed by atoms with Gasteiger partial charge in [0.15, 0.2) is 6.10 Å². The number of nitriles is 1. The van der Waals surface area contributed by atoms with E-state index in [-0.39, 0.29) is 23.6 Å². The molecule has 2 rings (SSSR count). The topological polar surface area (TPSA) is 62.1 Å². The number of anilines is 1. The largest absolute Gasteiger partial charge is 0.479 e. The van der Waals surface area contributed by atoms with Gasteiger partial charge in [0, 0.05) is 18.4 Å². The summed E-state index contributed by atoms with van der Waals surface area (Å²) >= 11 is 0. The van der Waals surface area contributed by atoms with Crippen LogP contribution in [0, 0.1) is 11.3 Å². The molecule has 0 saturated carbocycles. The second-order valence-electron chi connectivity index (χ2n) is 4.32. The lowest BCUT2D eigenvalue weighted by molar-refractivity contribution is -0.122. The lowest BCUT2D eigenvalue weighted by Gasteiger charge is -2.25. The number of hydrogen-bond donors (Lipinski definition) is 1. The molecule has 0 aromatic heterocycles. The number of nitrogens with zero attached hydrogens (tertiary/aromatic N) is 1. The third-order valence-corrected chi connectivity index (χ3v) is 2.88. The number of nitrogens with one attached hydrogen (secondary N) is 1. The third-order valence-electron chi connectivity index (χ3n) is 2.88. The van der Waals surface area contributed by atoms with E-state index in [1.54, 1.807) is 13.0 Å². The summed E-state index contributed by atoms with van der Waals surface area (Å²) in [6, 6.07) is 5.54. The number of fused-ring (bicyclic) bond motifs is 1. The summed E-state index contributed by atoms with van der Waals surface area (Å²) in [7, 11) is 0. The van der Waals surface area contributed by atoms with Gasteiger partial charge < -0.3 is 10.1 Å². The first-order chi connectivity index (χ1) is 8.94. The second-order valence-corrected chi connectivity index (χ2v) is 4.32. The number of carbonyl (C=O) groups excluding carboxylic acids is 1. The monoisotopic (exact) mass is 266 g/mol. The van der Waals surface area contributed by atoms with Crippen LogP contribution in [-0.2, 0) is 10.7 Å². The number of hydrogen-bond acceptors (Lipinski definition) is 3. The van der Waals surface area contributed by atoms with Crippen LogP contribution in [0.5, 0.6) is 5.75 Å². The Labute approximate surface area is 109 Å². The quantitative estimate of drug-likeness (QED) is 0.915. The highest BCUT2D eigenvalue weighted by atomic mass is 19.3. The lowest BCUT2D eigenvalue weighted by atomic mass is 10.0. The van der Waals surface area contributed by atoms with Gasteiger partial charge in [0.25, 0.3) is 11.8 Å². The number of benzene rings is 1. The van der Waals surface area contributed by atoms with E-state index >= 15 is 0 Å². The highest BCUT2D eigenvalue weighted by molar-refractivity contribution is 5.97. The van der Waals surface area contributed by atoms with Gasteiger partial charge in [0.1, 0.15) is 5.75 Å². The highest BCUT2D eigenvalue weighted by Crippen LogP contribution is 2.38. The molecule has 4 nitrogen and oxygen atoms in total. The Kier molecular flexibility index (Phi) is 3.38. The van der Waals surface area contributed by atoms with Gasteiger partial charge >= 0.3 is 0 Å². The van der Waals surface area contributed by atoms with Crippen molar-refractivity contribution in [1.82, 2.24) is 0 Å². The number of halogens is 2. The summed E-state index contributed by atoms with van der Waals surface area (Å²) in [6.45, 7) is 1.58. The van der Waals surface area contributed by atoms with Crippen LogP contribution in [0.25, 0.3) is 0 Å². The summed E-state index contributed by atoms with van der Waals surface area (Å²) in [5, 5.41) is 10.9. The fourth-order valence-corrected chi connectivity index (χ4v) is 1.79. The van der Waals surface area contributed by atoms with Crippen molar-refractivity contribution in [3.63, 3.8) is 0 Å². The Hall–Kier alpha value is -2.16. The normalized spacial score (nSPS) is 18.0. The number of alkyl halides is 2. The number of ether oxygens (including phenoxy) is 1. The molecule has 0 aliphatic carbocycles. The van der Waals surface area contributed by atoms with Crippen LogP contribution in [0.15, 0.2) is 18.2 Å². The molecule has 1 amide bonds. The Morgan fingerprint density at radius 1 is 1.53 bits per heavy atom. The molecule has 1 N–H and O–H groups in total. The van der Waals surface area contributed by atoms with E-state index in [1.807, 2.05) is 0 Å². The zero-order chi connectivity index (χ0) is 14.0. The summed E-state index contributed by atoms with van der Waals surface area (Å²) in [5.41, 5.74) is -0.00261.